The largest absolute Gasteiger partial charge is 0.507 e. The summed E-state index contributed by atoms with van der Waals surface area (Å²) in [5.74, 6) is -3.66. The van der Waals surface area contributed by atoms with Gasteiger partial charge in [0.1, 0.15) is 11.6 Å². The fourth-order valence-electron chi connectivity index (χ4n) is 1.12. The highest BCUT2D eigenvalue weighted by Gasteiger charge is 2.21. The van der Waals surface area contributed by atoms with Crippen LogP contribution in [0.25, 0.3) is 0 Å². The summed E-state index contributed by atoms with van der Waals surface area (Å²) in [7, 11) is 0. The Morgan fingerprint density at radius 3 is 2.53 bits per heavy atom. The third kappa shape index (κ3) is 3.15. The van der Waals surface area contributed by atoms with E-state index in [0.29, 0.717) is 0 Å². The highest BCUT2D eigenvalue weighted by molar-refractivity contribution is 5.98. The molecule has 0 radical (unpaired) electrons. The smallest absolute Gasteiger partial charge is 0.328 e. The van der Waals surface area contributed by atoms with Gasteiger partial charge in [0, 0.05) is 6.07 Å². The SMILES string of the molecule is O=C(N[C@@H](CO)C(=O)O)c1ccc(F)cc1O. The summed E-state index contributed by atoms with van der Waals surface area (Å²) in [5, 5.41) is 28.5. The van der Waals surface area contributed by atoms with Crippen LogP contribution in [0.4, 0.5) is 4.39 Å². The van der Waals surface area contributed by atoms with Crippen molar-refractivity contribution < 1.29 is 29.3 Å². The molecule has 0 spiro atoms. The van der Waals surface area contributed by atoms with Crippen LogP contribution in [0.2, 0.25) is 0 Å². The van der Waals surface area contributed by atoms with Gasteiger partial charge in [0.05, 0.1) is 12.2 Å². The summed E-state index contributed by atoms with van der Waals surface area (Å²) in [6, 6.07) is 1.20. The predicted octanol–water partition coefficient (Wildman–Crippen LogP) is -0.293. The number of carboxylic acid groups (broad SMARTS) is 1. The molecular weight excluding hydrogens is 233 g/mol. The van der Waals surface area contributed by atoms with E-state index in [-0.39, 0.29) is 5.56 Å². The lowest BCUT2D eigenvalue weighted by molar-refractivity contribution is -0.140. The number of nitrogens with one attached hydrogen (secondary N) is 1. The molecule has 0 unspecified atom stereocenters. The molecule has 0 aliphatic heterocycles. The molecule has 0 saturated heterocycles. The van der Waals surface area contributed by atoms with Crippen LogP contribution in [0.5, 0.6) is 5.75 Å². The number of carbonyl (C=O) groups excluding carboxylic acids is 1. The second-order valence-electron chi connectivity index (χ2n) is 3.21. The first-order valence-corrected chi connectivity index (χ1v) is 4.58. The second kappa shape index (κ2) is 5.26. The summed E-state index contributed by atoms with van der Waals surface area (Å²) < 4.78 is 12.6. The van der Waals surface area contributed by atoms with Crippen molar-refractivity contribution in [3.63, 3.8) is 0 Å². The predicted molar refractivity (Wildman–Crippen MR) is 54.0 cm³/mol. The maximum Gasteiger partial charge on any atom is 0.328 e. The monoisotopic (exact) mass is 243 g/mol. The first kappa shape index (κ1) is 12.9. The zero-order valence-electron chi connectivity index (χ0n) is 8.55. The van der Waals surface area contributed by atoms with Crippen molar-refractivity contribution in [1.29, 1.82) is 0 Å². The molecule has 0 heterocycles. The summed E-state index contributed by atoms with van der Waals surface area (Å²) in [5.41, 5.74) is -0.272. The Bertz CT molecular complexity index is 448. The molecule has 0 aromatic heterocycles. The van der Waals surface area contributed by atoms with Crippen LogP contribution in [0.15, 0.2) is 18.2 Å². The Hall–Kier alpha value is -2.15. The van der Waals surface area contributed by atoms with Gasteiger partial charge in [0.25, 0.3) is 5.91 Å². The molecule has 1 aromatic rings. The average molecular weight is 243 g/mol. The minimum atomic E-state index is -1.48. The Labute approximate surface area is 95.3 Å². The van der Waals surface area contributed by atoms with E-state index in [0.717, 1.165) is 18.2 Å². The normalized spacial score (nSPS) is 11.9. The lowest BCUT2D eigenvalue weighted by Crippen LogP contribution is -2.43. The van der Waals surface area contributed by atoms with Crippen LogP contribution in [0.1, 0.15) is 10.4 Å². The summed E-state index contributed by atoms with van der Waals surface area (Å²) in [6.07, 6.45) is 0. The van der Waals surface area contributed by atoms with E-state index in [1.807, 2.05) is 5.32 Å². The summed E-state index contributed by atoms with van der Waals surface area (Å²) in [6.45, 7) is -0.789. The van der Waals surface area contributed by atoms with E-state index < -0.39 is 36.1 Å². The van der Waals surface area contributed by atoms with Crippen molar-refractivity contribution in [3.05, 3.63) is 29.6 Å². The van der Waals surface area contributed by atoms with Crippen LogP contribution in [0.3, 0.4) is 0 Å². The summed E-state index contributed by atoms with van der Waals surface area (Å²) >= 11 is 0. The molecule has 6 nitrogen and oxygen atoms in total. The van der Waals surface area contributed by atoms with Crippen LogP contribution < -0.4 is 5.32 Å². The Morgan fingerprint density at radius 2 is 2.06 bits per heavy atom. The molecule has 1 atom stereocenters. The van der Waals surface area contributed by atoms with Crippen molar-refractivity contribution in [2.24, 2.45) is 0 Å². The average Bonchev–Trinajstić information content (AvgIpc) is 2.24. The van der Waals surface area contributed by atoms with E-state index in [2.05, 4.69) is 0 Å². The molecular formula is C10H10FNO5. The van der Waals surface area contributed by atoms with E-state index in [1.54, 1.807) is 0 Å². The molecule has 4 N–H and O–H groups in total. The van der Waals surface area contributed by atoms with Crippen LogP contribution in [-0.4, -0.2) is 39.8 Å². The van der Waals surface area contributed by atoms with Crippen molar-refractivity contribution in [3.8, 4) is 5.75 Å². The van der Waals surface area contributed by atoms with Gasteiger partial charge in [0.2, 0.25) is 0 Å². The number of halogens is 1. The maximum absolute atomic E-state index is 12.6. The molecule has 0 fully saturated rings. The van der Waals surface area contributed by atoms with E-state index in [9.17, 15) is 19.1 Å². The number of rotatable bonds is 4. The lowest BCUT2D eigenvalue weighted by Gasteiger charge is -2.12. The number of carbonyl (C=O) groups is 2. The number of amides is 1. The van der Waals surface area contributed by atoms with Crippen molar-refractivity contribution in [2.75, 3.05) is 6.61 Å². The van der Waals surface area contributed by atoms with Gasteiger partial charge in [0.15, 0.2) is 6.04 Å². The Balaban J connectivity index is 2.86. The quantitative estimate of drug-likeness (QED) is 0.581. The third-order valence-electron chi connectivity index (χ3n) is 1.99. The Kier molecular flexibility index (Phi) is 4.00. The van der Waals surface area contributed by atoms with E-state index >= 15 is 0 Å². The molecule has 1 amide bonds. The third-order valence-corrected chi connectivity index (χ3v) is 1.99. The van der Waals surface area contributed by atoms with Crippen LogP contribution >= 0.6 is 0 Å². The lowest BCUT2D eigenvalue weighted by atomic mass is 10.1. The van der Waals surface area contributed by atoms with Gasteiger partial charge in [-0.2, -0.15) is 0 Å². The van der Waals surface area contributed by atoms with Gasteiger partial charge in [-0.15, -0.1) is 0 Å². The molecule has 0 bridgehead atoms. The number of carboxylic acids is 1. The number of aliphatic hydroxyl groups excluding tert-OH is 1. The molecule has 1 rings (SSSR count). The number of hydrogen-bond donors (Lipinski definition) is 4. The van der Waals surface area contributed by atoms with Crippen molar-refractivity contribution in [1.82, 2.24) is 5.32 Å². The number of aliphatic carboxylic acids is 1. The topological polar surface area (TPSA) is 107 Å². The van der Waals surface area contributed by atoms with Gasteiger partial charge in [-0.05, 0) is 12.1 Å². The molecule has 0 aliphatic rings. The summed E-state index contributed by atoms with van der Waals surface area (Å²) in [4.78, 5) is 22.0. The zero-order chi connectivity index (χ0) is 13.0. The number of aromatic hydroxyl groups is 1. The van der Waals surface area contributed by atoms with E-state index in [4.69, 9.17) is 10.2 Å². The first-order chi connectivity index (χ1) is 7.95. The number of hydrogen-bond acceptors (Lipinski definition) is 4. The molecule has 0 saturated carbocycles. The number of phenolic OH excluding ortho intramolecular Hbond substituents is 1. The number of aliphatic hydroxyl groups is 1. The zero-order valence-corrected chi connectivity index (χ0v) is 8.55. The number of phenols is 1. The molecule has 1 aromatic carbocycles. The minimum absolute atomic E-state index is 0.272. The molecule has 7 heteroatoms. The Morgan fingerprint density at radius 1 is 1.41 bits per heavy atom. The van der Waals surface area contributed by atoms with Crippen LogP contribution in [-0.2, 0) is 4.79 Å². The van der Waals surface area contributed by atoms with Gasteiger partial charge in [-0.1, -0.05) is 0 Å². The molecule has 0 aliphatic carbocycles. The second-order valence-corrected chi connectivity index (χ2v) is 3.21. The first-order valence-electron chi connectivity index (χ1n) is 4.58. The molecule has 92 valence electrons. The number of benzene rings is 1. The fraction of sp³-hybridized carbons (Fsp3) is 0.200. The fourth-order valence-corrected chi connectivity index (χ4v) is 1.12. The highest BCUT2D eigenvalue weighted by atomic mass is 19.1. The van der Waals surface area contributed by atoms with Crippen molar-refractivity contribution in [2.45, 2.75) is 6.04 Å². The molecule has 17 heavy (non-hydrogen) atoms. The van der Waals surface area contributed by atoms with E-state index in [1.165, 1.54) is 0 Å². The minimum Gasteiger partial charge on any atom is -0.507 e. The highest BCUT2D eigenvalue weighted by Crippen LogP contribution is 2.17. The van der Waals surface area contributed by atoms with Crippen molar-refractivity contribution >= 4 is 11.9 Å². The maximum atomic E-state index is 12.6. The van der Waals surface area contributed by atoms with Gasteiger partial charge < -0.3 is 20.6 Å². The van der Waals surface area contributed by atoms with Crippen LogP contribution in [0, 0.1) is 5.82 Å². The standard InChI is InChI=1S/C10H10FNO5/c11-5-1-2-6(8(14)3-5)9(15)12-7(4-13)10(16)17/h1-3,7,13-14H,4H2,(H,12,15)(H,16,17)/t7-/m0/s1. The van der Waals surface area contributed by atoms with Gasteiger partial charge >= 0.3 is 5.97 Å². The van der Waals surface area contributed by atoms with Gasteiger partial charge in [-0.25, -0.2) is 9.18 Å². The van der Waals surface area contributed by atoms with Gasteiger partial charge in [-0.3, -0.25) is 4.79 Å².